The monoisotopic (exact) mass is 372 g/mol. The number of piperidine rings is 1. The number of aliphatic imine (C=N–C) groups is 1. The number of guanidine groups is 1. The standard InChI is InChI=1S/C22H36N4O/c1-17(2)25-11-7-9-19(15-25)14-24-22(23-4)26-12-13-27-21(16-26)20-10-6-5-8-18(20)3/h5-6,8,10,17,19,21H,7,9,11-16H2,1-4H3,(H,23,24). The lowest BCUT2D eigenvalue weighted by molar-refractivity contribution is -0.00844. The molecule has 2 aliphatic heterocycles. The molecule has 2 saturated heterocycles. The number of benzene rings is 1. The number of aryl methyl sites for hydroxylation is 1. The predicted octanol–water partition coefficient (Wildman–Crippen LogP) is 3.06. The molecule has 150 valence electrons. The smallest absolute Gasteiger partial charge is 0.193 e. The van der Waals surface area contributed by atoms with Gasteiger partial charge in [0, 0.05) is 32.7 Å². The summed E-state index contributed by atoms with van der Waals surface area (Å²) in [5.74, 6) is 1.71. The largest absolute Gasteiger partial charge is 0.370 e. The van der Waals surface area contributed by atoms with E-state index in [1.54, 1.807) is 0 Å². The number of hydrogen-bond donors (Lipinski definition) is 1. The molecule has 2 fully saturated rings. The van der Waals surface area contributed by atoms with Crippen LogP contribution in [-0.4, -0.2) is 68.2 Å². The van der Waals surface area contributed by atoms with Gasteiger partial charge in [-0.25, -0.2) is 0 Å². The highest BCUT2D eigenvalue weighted by atomic mass is 16.5. The van der Waals surface area contributed by atoms with Gasteiger partial charge in [0.2, 0.25) is 0 Å². The zero-order chi connectivity index (χ0) is 19.2. The van der Waals surface area contributed by atoms with Crippen LogP contribution in [0.25, 0.3) is 0 Å². The highest BCUT2D eigenvalue weighted by molar-refractivity contribution is 5.80. The van der Waals surface area contributed by atoms with Crippen LogP contribution in [0.1, 0.15) is 43.9 Å². The Balaban J connectivity index is 1.56. The van der Waals surface area contributed by atoms with Gasteiger partial charge in [-0.15, -0.1) is 0 Å². The summed E-state index contributed by atoms with van der Waals surface area (Å²) in [5, 5.41) is 3.65. The fraction of sp³-hybridized carbons (Fsp3) is 0.682. The van der Waals surface area contributed by atoms with Crippen molar-refractivity contribution in [2.45, 2.75) is 45.8 Å². The van der Waals surface area contributed by atoms with Crippen LogP contribution >= 0.6 is 0 Å². The van der Waals surface area contributed by atoms with Crippen LogP contribution in [-0.2, 0) is 4.74 Å². The summed E-state index contributed by atoms with van der Waals surface area (Å²) in [6, 6.07) is 9.17. The molecule has 0 aromatic heterocycles. The number of nitrogens with zero attached hydrogens (tertiary/aromatic N) is 3. The van der Waals surface area contributed by atoms with Crippen molar-refractivity contribution < 1.29 is 4.74 Å². The highest BCUT2D eigenvalue weighted by Crippen LogP contribution is 2.25. The van der Waals surface area contributed by atoms with Crippen LogP contribution in [0.3, 0.4) is 0 Å². The van der Waals surface area contributed by atoms with Crippen LogP contribution in [0.5, 0.6) is 0 Å². The molecule has 1 aromatic rings. The normalized spacial score (nSPS) is 25.1. The molecule has 27 heavy (non-hydrogen) atoms. The van der Waals surface area contributed by atoms with Crippen molar-refractivity contribution in [3.05, 3.63) is 35.4 Å². The molecule has 2 atom stereocenters. The van der Waals surface area contributed by atoms with Crippen LogP contribution in [0.4, 0.5) is 0 Å². The molecule has 1 aromatic carbocycles. The quantitative estimate of drug-likeness (QED) is 0.651. The summed E-state index contributed by atoms with van der Waals surface area (Å²) in [6.45, 7) is 12.7. The minimum atomic E-state index is 0.115. The van der Waals surface area contributed by atoms with Gasteiger partial charge in [-0.05, 0) is 57.2 Å². The Morgan fingerprint density at radius 3 is 2.81 bits per heavy atom. The summed E-state index contributed by atoms with van der Waals surface area (Å²) in [4.78, 5) is 9.51. The minimum Gasteiger partial charge on any atom is -0.370 e. The van der Waals surface area contributed by atoms with Gasteiger partial charge in [-0.3, -0.25) is 4.99 Å². The van der Waals surface area contributed by atoms with Crippen LogP contribution in [0.2, 0.25) is 0 Å². The number of likely N-dealkylation sites (tertiary alicyclic amines) is 1. The van der Waals surface area contributed by atoms with E-state index in [2.05, 4.69) is 65.1 Å². The van der Waals surface area contributed by atoms with Crippen molar-refractivity contribution in [3.63, 3.8) is 0 Å². The van der Waals surface area contributed by atoms with Gasteiger partial charge in [-0.2, -0.15) is 0 Å². The predicted molar refractivity (Wildman–Crippen MR) is 112 cm³/mol. The molecule has 0 spiro atoms. The van der Waals surface area contributed by atoms with Gasteiger partial charge in [-0.1, -0.05) is 24.3 Å². The molecule has 5 nitrogen and oxygen atoms in total. The maximum Gasteiger partial charge on any atom is 0.193 e. The van der Waals surface area contributed by atoms with Gasteiger partial charge in [0.15, 0.2) is 5.96 Å². The fourth-order valence-electron chi connectivity index (χ4n) is 4.28. The van der Waals surface area contributed by atoms with E-state index in [4.69, 9.17) is 4.74 Å². The molecule has 3 rings (SSSR count). The molecule has 0 saturated carbocycles. The Kier molecular flexibility index (Phi) is 7.13. The van der Waals surface area contributed by atoms with E-state index in [1.807, 2.05) is 7.05 Å². The molecule has 5 heteroatoms. The van der Waals surface area contributed by atoms with E-state index < -0.39 is 0 Å². The van der Waals surface area contributed by atoms with Gasteiger partial charge in [0.25, 0.3) is 0 Å². The van der Waals surface area contributed by atoms with Crippen molar-refractivity contribution in [1.29, 1.82) is 0 Å². The third-order valence-electron chi connectivity index (χ3n) is 5.94. The van der Waals surface area contributed by atoms with Crippen LogP contribution in [0, 0.1) is 12.8 Å². The molecule has 0 bridgehead atoms. The van der Waals surface area contributed by atoms with E-state index in [0.29, 0.717) is 12.0 Å². The molecular weight excluding hydrogens is 336 g/mol. The molecule has 2 heterocycles. The lowest BCUT2D eigenvalue weighted by Gasteiger charge is -2.38. The third kappa shape index (κ3) is 5.23. The first kappa shape index (κ1) is 20.2. The second kappa shape index (κ2) is 9.56. The Bertz CT molecular complexity index is 630. The van der Waals surface area contributed by atoms with Crippen molar-refractivity contribution >= 4 is 5.96 Å². The van der Waals surface area contributed by atoms with Crippen molar-refractivity contribution in [2.75, 3.05) is 46.4 Å². The summed E-state index contributed by atoms with van der Waals surface area (Å²) in [7, 11) is 1.89. The van der Waals surface area contributed by atoms with E-state index >= 15 is 0 Å². The molecule has 2 unspecified atom stereocenters. The minimum absolute atomic E-state index is 0.115. The summed E-state index contributed by atoms with van der Waals surface area (Å²) < 4.78 is 6.07. The van der Waals surface area contributed by atoms with Gasteiger partial charge in [0.1, 0.15) is 6.10 Å². The van der Waals surface area contributed by atoms with Crippen LogP contribution in [0.15, 0.2) is 29.3 Å². The SMILES string of the molecule is CN=C(NCC1CCCN(C(C)C)C1)N1CCOC(c2ccccc2C)C1. The molecular formula is C22H36N4O. The number of rotatable bonds is 4. The average molecular weight is 373 g/mol. The van der Waals surface area contributed by atoms with E-state index in [-0.39, 0.29) is 6.10 Å². The Morgan fingerprint density at radius 2 is 2.07 bits per heavy atom. The topological polar surface area (TPSA) is 40.1 Å². The van der Waals surface area contributed by atoms with Crippen molar-refractivity contribution in [1.82, 2.24) is 15.1 Å². The second-order valence-corrected chi connectivity index (χ2v) is 8.19. The Hall–Kier alpha value is -1.59. The summed E-state index contributed by atoms with van der Waals surface area (Å²) in [5.41, 5.74) is 2.58. The first-order valence-electron chi connectivity index (χ1n) is 10.4. The zero-order valence-electron chi connectivity index (χ0n) is 17.4. The Labute approximate surface area is 164 Å². The van der Waals surface area contributed by atoms with Crippen molar-refractivity contribution in [3.8, 4) is 0 Å². The van der Waals surface area contributed by atoms with Crippen molar-refractivity contribution in [2.24, 2.45) is 10.9 Å². The molecule has 2 aliphatic rings. The lowest BCUT2D eigenvalue weighted by Crippen LogP contribution is -2.50. The first-order chi connectivity index (χ1) is 13.1. The summed E-state index contributed by atoms with van der Waals surface area (Å²) >= 11 is 0. The second-order valence-electron chi connectivity index (χ2n) is 8.19. The van der Waals surface area contributed by atoms with Gasteiger partial charge < -0.3 is 19.9 Å². The third-order valence-corrected chi connectivity index (χ3v) is 5.94. The highest BCUT2D eigenvalue weighted by Gasteiger charge is 2.26. The van der Waals surface area contributed by atoms with Crippen LogP contribution < -0.4 is 5.32 Å². The molecule has 0 amide bonds. The average Bonchev–Trinajstić information content (AvgIpc) is 2.69. The fourth-order valence-corrected chi connectivity index (χ4v) is 4.28. The first-order valence-corrected chi connectivity index (χ1v) is 10.4. The number of nitrogens with one attached hydrogen (secondary N) is 1. The maximum atomic E-state index is 6.07. The summed E-state index contributed by atoms with van der Waals surface area (Å²) in [6.07, 6.45) is 2.72. The molecule has 0 radical (unpaired) electrons. The zero-order valence-corrected chi connectivity index (χ0v) is 17.4. The van der Waals surface area contributed by atoms with Gasteiger partial charge >= 0.3 is 0 Å². The lowest BCUT2D eigenvalue weighted by atomic mass is 9.97. The number of morpholine rings is 1. The number of hydrogen-bond acceptors (Lipinski definition) is 3. The Morgan fingerprint density at radius 1 is 1.26 bits per heavy atom. The number of ether oxygens (including phenoxy) is 1. The van der Waals surface area contributed by atoms with Gasteiger partial charge in [0.05, 0.1) is 13.2 Å². The van der Waals surface area contributed by atoms with E-state index in [9.17, 15) is 0 Å². The van der Waals surface area contributed by atoms with E-state index in [1.165, 1.54) is 37.1 Å². The van der Waals surface area contributed by atoms with E-state index in [0.717, 1.165) is 32.2 Å². The molecule has 1 N–H and O–H groups in total. The maximum absolute atomic E-state index is 6.07. The molecule has 0 aliphatic carbocycles.